The minimum Gasteiger partial charge on any atom is -0.390 e. The smallest absolute Gasteiger partial charge is 0.264 e. The Morgan fingerprint density at radius 2 is 1.91 bits per heavy atom. The molecule has 0 aliphatic carbocycles. The Morgan fingerprint density at radius 1 is 1.21 bits per heavy atom. The predicted octanol–water partition coefficient (Wildman–Crippen LogP) is 1.67. The van der Waals surface area contributed by atoms with E-state index in [0.717, 1.165) is 22.9 Å². The Morgan fingerprint density at radius 3 is 2.45 bits per heavy atom. The van der Waals surface area contributed by atoms with Crippen molar-refractivity contribution in [3.63, 3.8) is 0 Å². The molecule has 0 saturated carbocycles. The van der Waals surface area contributed by atoms with Crippen molar-refractivity contribution in [1.82, 2.24) is 15.2 Å². The fourth-order valence-electron chi connectivity index (χ4n) is 3.42. The van der Waals surface area contributed by atoms with E-state index >= 15 is 0 Å². The minimum absolute atomic E-state index is 0.0350. The van der Waals surface area contributed by atoms with Gasteiger partial charge in [0, 0.05) is 36.7 Å². The standard InChI is InChI=1S/C22H25N3O7S/c1-14-10-15(4-5-18(14)19-12-17(13-26)24-32-19)16-6-8-25(20(27)11-16)9-7-22(2,21(28)23-29)33(3,30)31/h4-6,8,10-12,26,29H,7,9,13H2,1-3H3,(H,23,28)/t22-/m1/s1. The van der Waals surface area contributed by atoms with Gasteiger partial charge < -0.3 is 14.2 Å². The van der Waals surface area contributed by atoms with Gasteiger partial charge in [0.1, 0.15) is 5.69 Å². The molecule has 3 N–H and O–H groups in total. The topological polar surface area (TPSA) is 152 Å². The summed E-state index contributed by atoms with van der Waals surface area (Å²) < 4.78 is 28.9. The van der Waals surface area contributed by atoms with Gasteiger partial charge in [-0.3, -0.25) is 14.8 Å². The average molecular weight is 476 g/mol. The van der Waals surface area contributed by atoms with Crippen molar-refractivity contribution in [1.29, 1.82) is 0 Å². The summed E-state index contributed by atoms with van der Waals surface area (Å²) in [4.78, 5) is 24.6. The van der Waals surface area contributed by atoms with Gasteiger partial charge in [-0.2, -0.15) is 0 Å². The maximum atomic E-state index is 12.6. The molecular weight excluding hydrogens is 450 g/mol. The summed E-state index contributed by atoms with van der Waals surface area (Å²) in [5.74, 6) is -0.526. The van der Waals surface area contributed by atoms with Crippen molar-refractivity contribution in [3.05, 3.63) is 64.2 Å². The summed E-state index contributed by atoms with van der Waals surface area (Å²) in [6.45, 7) is 2.84. The number of benzene rings is 1. The molecule has 2 aromatic heterocycles. The van der Waals surface area contributed by atoms with Crippen LogP contribution in [0.4, 0.5) is 0 Å². The Kier molecular flexibility index (Phi) is 6.86. The van der Waals surface area contributed by atoms with Crippen LogP contribution in [0.25, 0.3) is 22.5 Å². The summed E-state index contributed by atoms with van der Waals surface area (Å²) in [7, 11) is -3.86. The summed E-state index contributed by atoms with van der Waals surface area (Å²) in [6.07, 6.45) is 2.24. The lowest BCUT2D eigenvalue weighted by Gasteiger charge is -2.25. The van der Waals surface area contributed by atoms with Crippen LogP contribution >= 0.6 is 0 Å². The number of aromatic nitrogens is 2. The molecule has 3 aromatic rings. The number of aliphatic hydroxyl groups excluding tert-OH is 1. The van der Waals surface area contributed by atoms with Gasteiger partial charge >= 0.3 is 0 Å². The van der Waals surface area contributed by atoms with Gasteiger partial charge in [-0.1, -0.05) is 23.4 Å². The van der Waals surface area contributed by atoms with Crippen molar-refractivity contribution < 1.29 is 28.0 Å². The van der Waals surface area contributed by atoms with E-state index in [1.165, 1.54) is 29.2 Å². The summed E-state index contributed by atoms with van der Waals surface area (Å²) in [6, 6.07) is 10.4. The Bertz CT molecular complexity index is 1340. The molecule has 2 heterocycles. The normalized spacial score (nSPS) is 13.5. The first-order valence-corrected chi connectivity index (χ1v) is 11.9. The van der Waals surface area contributed by atoms with Crippen LogP contribution in [0.1, 0.15) is 24.6 Å². The number of rotatable bonds is 8. The molecule has 0 fully saturated rings. The second-order valence-corrected chi connectivity index (χ2v) is 10.5. The van der Waals surface area contributed by atoms with Crippen molar-refractivity contribution in [2.45, 2.75) is 38.2 Å². The second-order valence-electron chi connectivity index (χ2n) is 8.01. The van der Waals surface area contributed by atoms with E-state index in [9.17, 15) is 18.0 Å². The van der Waals surface area contributed by atoms with E-state index in [4.69, 9.17) is 14.8 Å². The van der Waals surface area contributed by atoms with Crippen LogP contribution in [0.3, 0.4) is 0 Å². The van der Waals surface area contributed by atoms with Crippen molar-refractivity contribution in [3.8, 4) is 22.5 Å². The van der Waals surface area contributed by atoms with Gasteiger partial charge in [-0.05, 0) is 43.0 Å². The first-order valence-electron chi connectivity index (χ1n) is 10.0. The number of nitrogens with zero attached hydrogens (tertiary/aromatic N) is 2. The lowest BCUT2D eigenvalue weighted by molar-refractivity contribution is -0.131. The van der Waals surface area contributed by atoms with Crippen LogP contribution in [-0.2, 0) is 27.8 Å². The number of amides is 1. The van der Waals surface area contributed by atoms with Crippen LogP contribution in [0, 0.1) is 6.92 Å². The molecule has 3 rings (SSSR count). The van der Waals surface area contributed by atoms with Gasteiger partial charge in [0.25, 0.3) is 11.5 Å². The quantitative estimate of drug-likeness (QED) is 0.329. The molecule has 0 aliphatic heterocycles. The molecule has 176 valence electrons. The van der Waals surface area contributed by atoms with Gasteiger partial charge in [-0.25, -0.2) is 13.9 Å². The number of pyridine rings is 1. The van der Waals surface area contributed by atoms with Crippen LogP contribution in [0.2, 0.25) is 0 Å². The number of hydroxylamine groups is 1. The maximum Gasteiger partial charge on any atom is 0.264 e. The van der Waals surface area contributed by atoms with Crippen LogP contribution < -0.4 is 11.0 Å². The SMILES string of the molecule is Cc1cc(-c2ccn(CC[C@](C)(C(=O)NO)S(C)(=O)=O)c(=O)c2)ccc1-c1cc(CO)no1. The van der Waals surface area contributed by atoms with E-state index in [0.29, 0.717) is 17.0 Å². The largest absolute Gasteiger partial charge is 0.390 e. The van der Waals surface area contributed by atoms with Crippen LogP contribution in [0.15, 0.2) is 51.9 Å². The molecule has 10 nitrogen and oxygen atoms in total. The molecular formula is C22H25N3O7S. The number of nitrogens with one attached hydrogen (secondary N) is 1. The number of aryl methyl sites for hydroxylation is 2. The third kappa shape index (κ3) is 4.90. The van der Waals surface area contributed by atoms with Gasteiger partial charge in [-0.15, -0.1) is 0 Å². The third-order valence-electron chi connectivity index (χ3n) is 5.77. The van der Waals surface area contributed by atoms with Crippen molar-refractivity contribution in [2.24, 2.45) is 0 Å². The van der Waals surface area contributed by atoms with E-state index in [1.54, 1.807) is 12.1 Å². The zero-order chi connectivity index (χ0) is 24.4. The molecule has 0 radical (unpaired) electrons. The number of carbonyl (C=O) groups is 1. The highest BCUT2D eigenvalue weighted by Gasteiger charge is 2.43. The van der Waals surface area contributed by atoms with Crippen LogP contribution in [-0.4, -0.2) is 45.4 Å². The molecule has 1 atom stereocenters. The zero-order valence-electron chi connectivity index (χ0n) is 18.4. The zero-order valence-corrected chi connectivity index (χ0v) is 19.2. The lowest BCUT2D eigenvalue weighted by atomic mass is 9.99. The first-order chi connectivity index (χ1) is 15.5. The monoisotopic (exact) mass is 475 g/mol. The first kappa shape index (κ1) is 24.4. The number of sulfone groups is 1. The third-order valence-corrected chi connectivity index (χ3v) is 7.80. The van der Waals surface area contributed by atoms with E-state index in [2.05, 4.69) is 5.16 Å². The molecule has 0 unspecified atom stereocenters. The molecule has 1 aromatic carbocycles. The predicted molar refractivity (Wildman–Crippen MR) is 120 cm³/mol. The lowest BCUT2D eigenvalue weighted by Crippen LogP contribution is -2.49. The molecule has 11 heteroatoms. The molecule has 0 saturated heterocycles. The molecule has 0 spiro atoms. The van der Waals surface area contributed by atoms with Crippen LogP contribution in [0.5, 0.6) is 0 Å². The van der Waals surface area contributed by atoms with Crippen molar-refractivity contribution >= 4 is 15.7 Å². The summed E-state index contributed by atoms with van der Waals surface area (Å²) >= 11 is 0. The fraction of sp³-hybridized carbons (Fsp3) is 0.318. The van der Waals surface area contributed by atoms with Gasteiger partial charge in [0.15, 0.2) is 20.3 Å². The van der Waals surface area contributed by atoms with Gasteiger partial charge in [0.2, 0.25) is 0 Å². The number of hydrogen-bond donors (Lipinski definition) is 3. The molecule has 33 heavy (non-hydrogen) atoms. The second kappa shape index (κ2) is 9.30. The van der Waals surface area contributed by atoms with E-state index in [1.807, 2.05) is 25.1 Å². The highest BCUT2D eigenvalue weighted by atomic mass is 32.2. The Hall–Kier alpha value is -3.28. The Labute approximate surface area is 190 Å². The number of carbonyl (C=O) groups excluding carboxylic acids is 1. The highest BCUT2D eigenvalue weighted by Crippen LogP contribution is 2.29. The average Bonchev–Trinajstić information content (AvgIpc) is 3.25. The Balaban J connectivity index is 1.84. The number of hydrogen-bond acceptors (Lipinski definition) is 8. The highest BCUT2D eigenvalue weighted by molar-refractivity contribution is 7.92. The minimum atomic E-state index is -3.86. The van der Waals surface area contributed by atoms with Crippen molar-refractivity contribution in [2.75, 3.05) is 6.26 Å². The molecule has 0 bridgehead atoms. The number of aliphatic hydroxyl groups is 1. The van der Waals surface area contributed by atoms with E-state index < -0.39 is 20.5 Å². The summed E-state index contributed by atoms with van der Waals surface area (Å²) in [5, 5.41) is 21.9. The maximum absolute atomic E-state index is 12.6. The summed E-state index contributed by atoms with van der Waals surface area (Å²) in [5.41, 5.74) is 4.61. The fourth-order valence-corrected chi connectivity index (χ4v) is 4.27. The molecule has 1 amide bonds. The molecule has 0 aliphatic rings. The van der Waals surface area contributed by atoms with E-state index in [-0.39, 0.29) is 25.1 Å². The van der Waals surface area contributed by atoms with Gasteiger partial charge in [0.05, 0.1) is 6.61 Å².